The van der Waals surface area contributed by atoms with Crippen LogP contribution in [0.25, 0.3) is 0 Å². The molecular formula is C21H23Cl3N4O3. The fourth-order valence-electron chi connectivity index (χ4n) is 2.97. The second-order valence-corrected chi connectivity index (χ2v) is 6.37. The second-order valence-electron chi connectivity index (χ2n) is 6.37. The minimum absolute atomic E-state index is 0. The fraction of sp³-hybridized carbons (Fsp3) is 0.190. The molecular weight excluding hydrogens is 463 g/mol. The van der Waals surface area contributed by atoms with Crippen molar-refractivity contribution in [1.29, 1.82) is 0 Å². The van der Waals surface area contributed by atoms with Gasteiger partial charge in [0.2, 0.25) is 12.7 Å². The van der Waals surface area contributed by atoms with Gasteiger partial charge in [0.15, 0.2) is 11.5 Å². The summed E-state index contributed by atoms with van der Waals surface area (Å²) in [7, 11) is 0. The first-order valence-electron chi connectivity index (χ1n) is 8.98. The Balaban J connectivity index is 0.00000160. The average molecular weight is 486 g/mol. The van der Waals surface area contributed by atoms with Gasteiger partial charge in [-0.2, -0.15) is 0 Å². The minimum atomic E-state index is -0.550. The third kappa shape index (κ3) is 6.97. The van der Waals surface area contributed by atoms with Crippen LogP contribution in [0.3, 0.4) is 0 Å². The standard InChI is InChI=1S/C21H20N4O3.3ClH/c26-21(25-13-16-4-2-8-23-11-16)20(24-12-15-3-1-7-22-10-15)17-5-6-18-19(9-17)28-14-27-18;;;/h1-11,20,24H,12-14H2,(H,25,26);3*1H. The number of rotatable bonds is 7. The fourth-order valence-corrected chi connectivity index (χ4v) is 2.97. The maximum atomic E-state index is 13.0. The van der Waals surface area contributed by atoms with Crippen LogP contribution in [0.1, 0.15) is 22.7 Å². The van der Waals surface area contributed by atoms with E-state index in [2.05, 4.69) is 20.6 Å². The van der Waals surface area contributed by atoms with Gasteiger partial charge in [0, 0.05) is 37.9 Å². The van der Waals surface area contributed by atoms with Crippen molar-refractivity contribution in [3.05, 3.63) is 83.9 Å². The molecule has 31 heavy (non-hydrogen) atoms. The SMILES string of the molecule is Cl.Cl.Cl.O=C(NCc1cccnc1)C(NCc1cccnc1)c1ccc2c(c1)OCO2. The Hall–Kier alpha value is -2.58. The van der Waals surface area contributed by atoms with Crippen molar-refractivity contribution >= 4 is 43.1 Å². The maximum Gasteiger partial charge on any atom is 0.242 e. The van der Waals surface area contributed by atoms with E-state index in [0.717, 1.165) is 16.7 Å². The van der Waals surface area contributed by atoms with Crippen molar-refractivity contribution in [2.45, 2.75) is 19.1 Å². The van der Waals surface area contributed by atoms with E-state index in [4.69, 9.17) is 9.47 Å². The van der Waals surface area contributed by atoms with Gasteiger partial charge in [-0.3, -0.25) is 20.1 Å². The number of amides is 1. The third-order valence-electron chi connectivity index (χ3n) is 4.41. The van der Waals surface area contributed by atoms with Crippen LogP contribution in [0.4, 0.5) is 0 Å². The molecule has 0 radical (unpaired) electrons. The van der Waals surface area contributed by atoms with Crippen LogP contribution in [-0.4, -0.2) is 22.7 Å². The number of aromatic nitrogens is 2. The van der Waals surface area contributed by atoms with Crippen molar-refractivity contribution in [3.8, 4) is 11.5 Å². The molecule has 7 nitrogen and oxygen atoms in total. The summed E-state index contributed by atoms with van der Waals surface area (Å²) in [5.41, 5.74) is 2.73. The lowest BCUT2D eigenvalue weighted by Gasteiger charge is -2.19. The van der Waals surface area contributed by atoms with Crippen molar-refractivity contribution < 1.29 is 14.3 Å². The Bertz CT molecular complexity index is 949. The summed E-state index contributed by atoms with van der Waals surface area (Å²) in [5, 5.41) is 6.29. The number of hydrogen-bond acceptors (Lipinski definition) is 6. The second kappa shape index (κ2) is 13.0. The monoisotopic (exact) mass is 484 g/mol. The number of carbonyl (C=O) groups excluding carboxylic acids is 1. The molecule has 0 aliphatic carbocycles. The van der Waals surface area contributed by atoms with E-state index < -0.39 is 6.04 Å². The first-order chi connectivity index (χ1) is 13.8. The summed E-state index contributed by atoms with van der Waals surface area (Å²) < 4.78 is 10.8. The van der Waals surface area contributed by atoms with Gasteiger partial charge in [-0.1, -0.05) is 18.2 Å². The molecule has 1 amide bonds. The molecule has 3 heterocycles. The van der Waals surface area contributed by atoms with E-state index in [1.165, 1.54) is 0 Å². The van der Waals surface area contributed by atoms with Crippen LogP contribution in [0, 0.1) is 0 Å². The van der Waals surface area contributed by atoms with E-state index in [9.17, 15) is 4.79 Å². The lowest BCUT2D eigenvalue weighted by molar-refractivity contribution is -0.123. The van der Waals surface area contributed by atoms with Gasteiger partial charge in [-0.25, -0.2) is 0 Å². The van der Waals surface area contributed by atoms with Crippen molar-refractivity contribution in [3.63, 3.8) is 0 Å². The zero-order valence-electron chi connectivity index (χ0n) is 16.4. The van der Waals surface area contributed by atoms with Crippen LogP contribution in [0.2, 0.25) is 0 Å². The molecule has 1 atom stereocenters. The molecule has 10 heteroatoms. The van der Waals surface area contributed by atoms with E-state index in [-0.39, 0.29) is 49.9 Å². The molecule has 0 saturated heterocycles. The molecule has 0 fully saturated rings. The summed E-state index contributed by atoms with van der Waals surface area (Å²) in [4.78, 5) is 21.2. The Labute approximate surface area is 199 Å². The highest BCUT2D eigenvalue weighted by atomic mass is 35.5. The number of halogens is 3. The highest BCUT2D eigenvalue weighted by molar-refractivity contribution is 5.86. The van der Waals surface area contributed by atoms with Crippen LogP contribution >= 0.6 is 37.2 Å². The number of benzene rings is 1. The first kappa shape index (κ1) is 26.5. The molecule has 2 aromatic heterocycles. The van der Waals surface area contributed by atoms with Crippen LogP contribution in [-0.2, 0) is 17.9 Å². The molecule has 0 saturated carbocycles. The Kier molecular flexibility index (Phi) is 11.1. The zero-order valence-corrected chi connectivity index (χ0v) is 18.8. The number of nitrogens with zero attached hydrogens (tertiary/aromatic N) is 2. The molecule has 2 N–H and O–H groups in total. The molecule has 3 aromatic rings. The predicted molar refractivity (Wildman–Crippen MR) is 124 cm³/mol. The quantitative estimate of drug-likeness (QED) is 0.532. The topological polar surface area (TPSA) is 85.4 Å². The van der Waals surface area contributed by atoms with E-state index in [0.29, 0.717) is 24.6 Å². The average Bonchev–Trinajstić information content (AvgIpc) is 3.22. The van der Waals surface area contributed by atoms with Crippen LogP contribution in [0.5, 0.6) is 11.5 Å². The maximum absolute atomic E-state index is 13.0. The highest BCUT2D eigenvalue weighted by Gasteiger charge is 2.23. The van der Waals surface area contributed by atoms with Crippen molar-refractivity contribution in [2.75, 3.05) is 6.79 Å². The summed E-state index contributed by atoms with van der Waals surface area (Å²) in [5.74, 6) is 1.20. The summed E-state index contributed by atoms with van der Waals surface area (Å²) in [6.07, 6.45) is 6.94. The molecule has 4 rings (SSSR count). The van der Waals surface area contributed by atoms with Crippen molar-refractivity contribution in [2.24, 2.45) is 0 Å². The Morgan fingerprint density at radius 2 is 1.55 bits per heavy atom. The lowest BCUT2D eigenvalue weighted by atomic mass is 10.0. The number of carbonyl (C=O) groups is 1. The van der Waals surface area contributed by atoms with Gasteiger partial charge in [0.25, 0.3) is 0 Å². The molecule has 0 bridgehead atoms. The molecule has 1 unspecified atom stereocenters. The van der Waals surface area contributed by atoms with Gasteiger partial charge < -0.3 is 14.8 Å². The summed E-state index contributed by atoms with van der Waals surface area (Å²) in [6, 6.07) is 12.6. The highest BCUT2D eigenvalue weighted by Crippen LogP contribution is 2.34. The van der Waals surface area contributed by atoms with Gasteiger partial charge in [-0.15, -0.1) is 37.2 Å². The van der Waals surface area contributed by atoms with E-state index in [1.54, 1.807) is 24.8 Å². The molecule has 0 spiro atoms. The van der Waals surface area contributed by atoms with Gasteiger partial charge in [0.05, 0.1) is 0 Å². The van der Waals surface area contributed by atoms with Crippen LogP contribution in [0.15, 0.2) is 67.3 Å². The largest absolute Gasteiger partial charge is 0.454 e. The third-order valence-corrected chi connectivity index (χ3v) is 4.41. The number of fused-ring (bicyclic) bond motifs is 1. The zero-order chi connectivity index (χ0) is 19.2. The predicted octanol–water partition coefficient (Wildman–Crippen LogP) is 3.62. The van der Waals surface area contributed by atoms with Crippen molar-refractivity contribution in [1.82, 2.24) is 20.6 Å². The van der Waals surface area contributed by atoms with Gasteiger partial charge in [0.1, 0.15) is 6.04 Å². The molecule has 1 aliphatic rings. The Morgan fingerprint density at radius 1 is 0.903 bits per heavy atom. The van der Waals surface area contributed by atoms with Gasteiger partial charge in [-0.05, 0) is 41.0 Å². The number of pyridine rings is 2. The number of nitrogens with one attached hydrogen (secondary N) is 2. The van der Waals surface area contributed by atoms with Gasteiger partial charge >= 0.3 is 0 Å². The summed E-state index contributed by atoms with van der Waals surface area (Å²) in [6.45, 7) is 1.11. The number of hydrogen-bond donors (Lipinski definition) is 2. The molecule has 166 valence electrons. The summed E-state index contributed by atoms with van der Waals surface area (Å²) >= 11 is 0. The smallest absolute Gasteiger partial charge is 0.242 e. The van der Waals surface area contributed by atoms with E-state index in [1.807, 2.05) is 42.5 Å². The lowest BCUT2D eigenvalue weighted by Crippen LogP contribution is -2.37. The Morgan fingerprint density at radius 3 is 2.19 bits per heavy atom. The first-order valence-corrected chi connectivity index (χ1v) is 8.98. The molecule has 1 aromatic carbocycles. The molecule has 1 aliphatic heterocycles. The normalized spacial score (nSPS) is 11.9. The van der Waals surface area contributed by atoms with E-state index >= 15 is 0 Å². The van der Waals surface area contributed by atoms with Crippen LogP contribution < -0.4 is 20.1 Å². The minimum Gasteiger partial charge on any atom is -0.454 e. The number of ether oxygens (including phenoxy) is 2.